The summed E-state index contributed by atoms with van der Waals surface area (Å²) in [6, 6.07) is 11.8. The Morgan fingerprint density at radius 3 is 2.28 bits per heavy atom. The first-order valence-electron chi connectivity index (χ1n) is 5.23. The van der Waals surface area contributed by atoms with E-state index < -0.39 is 6.09 Å². The van der Waals surface area contributed by atoms with E-state index in [2.05, 4.69) is 5.32 Å². The predicted molar refractivity (Wildman–Crippen MR) is 66.9 cm³/mol. The highest BCUT2D eigenvalue weighted by molar-refractivity contribution is 5.86. The number of benzene rings is 2. The average molecular weight is 246 g/mol. The Balaban J connectivity index is 1.96. The summed E-state index contributed by atoms with van der Waals surface area (Å²) in [5.41, 5.74) is 6.69. The molecule has 3 N–H and O–H groups in total. The van der Waals surface area contributed by atoms with Gasteiger partial charge in [-0.15, -0.1) is 0 Å². The van der Waals surface area contributed by atoms with Gasteiger partial charge in [0.15, 0.2) is 0 Å². The normalized spacial score (nSPS) is 9.83. The molecule has 0 aliphatic carbocycles. The average Bonchev–Trinajstić information content (AvgIpc) is 2.35. The van der Waals surface area contributed by atoms with Crippen molar-refractivity contribution < 1.29 is 13.9 Å². The molecule has 0 aliphatic rings. The summed E-state index contributed by atoms with van der Waals surface area (Å²) in [6.07, 6.45) is -0.647. The molecule has 0 unspecified atom stereocenters. The maximum Gasteiger partial charge on any atom is 0.417 e. The topological polar surface area (TPSA) is 64.3 Å². The summed E-state index contributed by atoms with van der Waals surface area (Å²) in [5.74, 6) is -0.120. The predicted octanol–water partition coefficient (Wildman–Crippen LogP) is 3.02. The number of amides is 1. The van der Waals surface area contributed by atoms with Crippen LogP contribution in [0.4, 0.5) is 20.6 Å². The smallest absolute Gasteiger partial charge is 0.410 e. The molecule has 0 aliphatic heterocycles. The molecule has 0 radical (unpaired) electrons. The molecule has 0 saturated heterocycles. The number of nitrogens with one attached hydrogen (secondary N) is 1. The highest BCUT2D eigenvalue weighted by Gasteiger charge is 2.04. The van der Waals surface area contributed by atoms with Crippen molar-refractivity contribution in [3.63, 3.8) is 0 Å². The van der Waals surface area contributed by atoms with Gasteiger partial charge in [0.25, 0.3) is 0 Å². The first kappa shape index (κ1) is 11.9. The first-order valence-corrected chi connectivity index (χ1v) is 5.23. The molecular weight excluding hydrogens is 235 g/mol. The lowest BCUT2D eigenvalue weighted by Gasteiger charge is -2.06. The largest absolute Gasteiger partial charge is 0.417 e. The molecule has 0 atom stereocenters. The van der Waals surface area contributed by atoms with Crippen molar-refractivity contribution in [3.8, 4) is 5.75 Å². The molecule has 2 aromatic rings. The highest BCUT2D eigenvalue weighted by Crippen LogP contribution is 2.14. The molecule has 0 spiro atoms. The van der Waals surface area contributed by atoms with Crippen LogP contribution >= 0.6 is 0 Å². The van der Waals surface area contributed by atoms with Gasteiger partial charge in [0.05, 0.1) is 0 Å². The fraction of sp³-hybridized carbons (Fsp3) is 0. The van der Waals surface area contributed by atoms with E-state index in [4.69, 9.17) is 10.5 Å². The Morgan fingerprint density at radius 2 is 1.67 bits per heavy atom. The van der Waals surface area contributed by atoms with Gasteiger partial charge in [-0.05, 0) is 48.5 Å². The Morgan fingerprint density at radius 1 is 1.06 bits per heavy atom. The Bertz CT molecular complexity index is 488. The van der Waals surface area contributed by atoms with Crippen LogP contribution in [0.15, 0.2) is 48.5 Å². The zero-order valence-corrected chi connectivity index (χ0v) is 9.39. The standard InChI is InChI=1S/C13H11FN2O2/c14-9-1-7-12(8-2-9)18-13(17)16-11-5-3-10(15)4-6-11/h1-8H,15H2,(H,16,17). The Hall–Kier alpha value is -2.56. The van der Waals surface area contributed by atoms with Crippen molar-refractivity contribution in [3.05, 3.63) is 54.3 Å². The van der Waals surface area contributed by atoms with Gasteiger partial charge in [-0.3, -0.25) is 5.32 Å². The first-order chi connectivity index (χ1) is 8.63. The molecule has 0 aromatic heterocycles. The van der Waals surface area contributed by atoms with Crippen LogP contribution in [0.1, 0.15) is 0 Å². The molecule has 2 rings (SSSR count). The fourth-order valence-corrected chi connectivity index (χ4v) is 1.32. The molecule has 2 aromatic carbocycles. The summed E-state index contributed by atoms with van der Waals surface area (Å²) in [5, 5.41) is 2.52. The summed E-state index contributed by atoms with van der Waals surface area (Å²) >= 11 is 0. The number of carbonyl (C=O) groups excluding carboxylic acids is 1. The summed E-state index contributed by atoms with van der Waals surface area (Å²) < 4.78 is 17.6. The molecule has 92 valence electrons. The van der Waals surface area contributed by atoms with E-state index in [1.54, 1.807) is 24.3 Å². The summed E-state index contributed by atoms with van der Waals surface area (Å²) in [4.78, 5) is 11.5. The third kappa shape index (κ3) is 3.21. The molecule has 0 saturated carbocycles. The van der Waals surface area contributed by atoms with Crippen molar-refractivity contribution in [2.24, 2.45) is 0 Å². The van der Waals surface area contributed by atoms with Crippen molar-refractivity contribution in [1.82, 2.24) is 0 Å². The van der Waals surface area contributed by atoms with Crippen LogP contribution in [0, 0.1) is 5.82 Å². The van der Waals surface area contributed by atoms with E-state index in [1.807, 2.05) is 0 Å². The van der Waals surface area contributed by atoms with Gasteiger partial charge >= 0.3 is 6.09 Å². The van der Waals surface area contributed by atoms with Crippen LogP contribution in [-0.2, 0) is 0 Å². The van der Waals surface area contributed by atoms with Crippen LogP contribution in [0.2, 0.25) is 0 Å². The number of halogens is 1. The van der Waals surface area contributed by atoms with E-state index in [0.29, 0.717) is 11.4 Å². The maximum atomic E-state index is 12.6. The molecule has 0 heterocycles. The van der Waals surface area contributed by atoms with Gasteiger partial charge in [0.1, 0.15) is 11.6 Å². The van der Waals surface area contributed by atoms with Crippen LogP contribution in [0.5, 0.6) is 5.75 Å². The van der Waals surface area contributed by atoms with Crippen LogP contribution < -0.4 is 15.8 Å². The monoisotopic (exact) mass is 246 g/mol. The zero-order valence-electron chi connectivity index (χ0n) is 9.39. The quantitative estimate of drug-likeness (QED) is 0.800. The number of rotatable bonds is 2. The van der Waals surface area contributed by atoms with Crippen LogP contribution in [0.25, 0.3) is 0 Å². The van der Waals surface area contributed by atoms with Gasteiger partial charge in [-0.1, -0.05) is 0 Å². The summed E-state index contributed by atoms with van der Waals surface area (Å²) in [6.45, 7) is 0. The molecular formula is C13H11FN2O2. The van der Waals surface area contributed by atoms with Gasteiger partial charge < -0.3 is 10.5 Å². The lowest BCUT2D eigenvalue weighted by Crippen LogP contribution is -2.16. The molecule has 4 nitrogen and oxygen atoms in total. The minimum Gasteiger partial charge on any atom is -0.410 e. The number of anilines is 2. The second-order valence-corrected chi connectivity index (χ2v) is 3.59. The van der Waals surface area contributed by atoms with Crippen molar-refractivity contribution in [2.75, 3.05) is 11.1 Å². The number of hydrogen-bond donors (Lipinski definition) is 2. The van der Waals surface area contributed by atoms with E-state index >= 15 is 0 Å². The SMILES string of the molecule is Nc1ccc(NC(=O)Oc2ccc(F)cc2)cc1. The van der Waals surface area contributed by atoms with Crippen molar-refractivity contribution >= 4 is 17.5 Å². The lowest BCUT2D eigenvalue weighted by molar-refractivity contribution is 0.215. The van der Waals surface area contributed by atoms with Gasteiger partial charge in [-0.25, -0.2) is 9.18 Å². The van der Waals surface area contributed by atoms with Gasteiger partial charge in [-0.2, -0.15) is 0 Å². The van der Waals surface area contributed by atoms with E-state index in [-0.39, 0.29) is 11.6 Å². The van der Waals surface area contributed by atoms with E-state index in [9.17, 15) is 9.18 Å². The summed E-state index contributed by atoms with van der Waals surface area (Å²) in [7, 11) is 0. The fourth-order valence-electron chi connectivity index (χ4n) is 1.32. The van der Waals surface area contributed by atoms with Gasteiger partial charge in [0, 0.05) is 11.4 Å². The molecule has 0 fully saturated rings. The number of nitrogen functional groups attached to an aromatic ring is 1. The number of carbonyl (C=O) groups is 1. The number of hydrogen-bond acceptors (Lipinski definition) is 3. The Kier molecular flexibility index (Phi) is 3.43. The third-order valence-corrected chi connectivity index (χ3v) is 2.18. The van der Waals surface area contributed by atoms with Crippen molar-refractivity contribution in [1.29, 1.82) is 0 Å². The van der Waals surface area contributed by atoms with Crippen LogP contribution in [0.3, 0.4) is 0 Å². The third-order valence-electron chi connectivity index (χ3n) is 2.18. The second kappa shape index (κ2) is 5.18. The van der Waals surface area contributed by atoms with E-state index in [0.717, 1.165) is 0 Å². The molecule has 18 heavy (non-hydrogen) atoms. The van der Waals surface area contributed by atoms with Crippen LogP contribution in [-0.4, -0.2) is 6.09 Å². The maximum absolute atomic E-state index is 12.6. The van der Waals surface area contributed by atoms with Gasteiger partial charge in [0.2, 0.25) is 0 Å². The second-order valence-electron chi connectivity index (χ2n) is 3.59. The molecule has 1 amide bonds. The molecule has 5 heteroatoms. The highest BCUT2D eigenvalue weighted by atomic mass is 19.1. The molecule has 0 bridgehead atoms. The van der Waals surface area contributed by atoms with Crippen molar-refractivity contribution in [2.45, 2.75) is 0 Å². The van der Waals surface area contributed by atoms with E-state index in [1.165, 1.54) is 24.3 Å². The minimum absolute atomic E-state index is 0.268. The Labute approximate surface area is 103 Å². The zero-order chi connectivity index (χ0) is 13.0. The number of nitrogens with two attached hydrogens (primary N) is 1. The minimum atomic E-state index is -0.647. The lowest BCUT2D eigenvalue weighted by atomic mass is 10.3. The number of ether oxygens (including phenoxy) is 1.